The van der Waals surface area contributed by atoms with Crippen molar-refractivity contribution in [3.05, 3.63) is 47.1 Å². The van der Waals surface area contributed by atoms with Crippen molar-refractivity contribution < 1.29 is 4.52 Å². The molecule has 1 saturated carbocycles. The normalized spacial score (nSPS) is 28.5. The number of aromatic nitrogens is 2. The first-order valence-electron chi connectivity index (χ1n) is 7.96. The Kier molecular flexibility index (Phi) is 3.26. The molecule has 0 radical (unpaired) electrons. The van der Waals surface area contributed by atoms with Crippen LogP contribution in [-0.2, 0) is 6.42 Å². The minimum Gasteiger partial charge on any atom is -0.337 e. The lowest BCUT2D eigenvalue weighted by Gasteiger charge is -2.23. The van der Waals surface area contributed by atoms with E-state index in [0.717, 1.165) is 30.6 Å². The smallest absolute Gasteiger partial charge is 0.248 e. The third kappa shape index (κ3) is 2.38. The molecular weight excluding hydrogens is 262 g/mol. The van der Waals surface area contributed by atoms with Crippen molar-refractivity contribution in [2.45, 2.75) is 44.6 Å². The third-order valence-electron chi connectivity index (χ3n) is 4.87. The fourth-order valence-corrected chi connectivity index (χ4v) is 3.70. The fourth-order valence-electron chi connectivity index (χ4n) is 3.70. The number of nitrogens with one attached hydrogen (secondary N) is 1. The largest absolute Gasteiger partial charge is 0.337 e. The van der Waals surface area contributed by atoms with Gasteiger partial charge in [-0.3, -0.25) is 0 Å². The van der Waals surface area contributed by atoms with E-state index in [1.54, 1.807) is 0 Å². The molecular formula is C17H21N3O. The van der Waals surface area contributed by atoms with Gasteiger partial charge in [0.05, 0.1) is 0 Å². The van der Waals surface area contributed by atoms with Gasteiger partial charge in [-0.15, -0.1) is 0 Å². The molecule has 1 N–H and O–H groups in total. The van der Waals surface area contributed by atoms with Crippen molar-refractivity contribution in [2.75, 3.05) is 6.54 Å². The van der Waals surface area contributed by atoms with Gasteiger partial charge in [-0.1, -0.05) is 36.3 Å². The van der Waals surface area contributed by atoms with Crippen LogP contribution >= 0.6 is 0 Å². The predicted octanol–water partition coefficient (Wildman–Crippen LogP) is 3.21. The summed E-state index contributed by atoms with van der Waals surface area (Å²) in [5.74, 6) is 2.89. The Morgan fingerprint density at radius 1 is 1.24 bits per heavy atom. The van der Waals surface area contributed by atoms with Crippen molar-refractivity contribution >= 4 is 0 Å². The van der Waals surface area contributed by atoms with E-state index in [1.807, 2.05) is 0 Å². The molecule has 1 aliphatic carbocycles. The van der Waals surface area contributed by atoms with E-state index in [9.17, 15) is 0 Å². The maximum atomic E-state index is 5.59. The SMILES string of the molecule is CC1CCC(c2noc(C3NCCc4ccccc43)n2)C1. The summed E-state index contributed by atoms with van der Waals surface area (Å²) in [5.41, 5.74) is 2.66. The number of hydrogen-bond acceptors (Lipinski definition) is 4. The van der Waals surface area contributed by atoms with Crippen LogP contribution in [0.2, 0.25) is 0 Å². The first-order valence-corrected chi connectivity index (χ1v) is 7.96. The summed E-state index contributed by atoms with van der Waals surface area (Å²) in [5, 5.41) is 7.76. The molecule has 4 rings (SSSR count). The highest BCUT2D eigenvalue weighted by Crippen LogP contribution is 2.37. The van der Waals surface area contributed by atoms with Gasteiger partial charge >= 0.3 is 0 Å². The summed E-state index contributed by atoms with van der Waals surface area (Å²) in [7, 11) is 0. The Bertz CT molecular complexity index is 636. The molecule has 2 aromatic rings. The number of nitrogens with zero attached hydrogens (tertiary/aromatic N) is 2. The monoisotopic (exact) mass is 283 g/mol. The van der Waals surface area contributed by atoms with E-state index in [0.29, 0.717) is 5.92 Å². The van der Waals surface area contributed by atoms with Gasteiger partial charge in [-0.2, -0.15) is 4.98 Å². The zero-order valence-corrected chi connectivity index (χ0v) is 12.4. The quantitative estimate of drug-likeness (QED) is 0.919. The molecule has 1 fully saturated rings. The van der Waals surface area contributed by atoms with Crippen molar-refractivity contribution in [3.8, 4) is 0 Å². The van der Waals surface area contributed by atoms with Crippen LogP contribution in [0.4, 0.5) is 0 Å². The van der Waals surface area contributed by atoms with Crippen LogP contribution in [0, 0.1) is 5.92 Å². The van der Waals surface area contributed by atoms with Gasteiger partial charge in [-0.25, -0.2) is 0 Å². The Balaban J connectivity index is 1.62. The lowest BCUT2D eigenvalue weighted by atomic mass is 9.94. The molecule has 3 unspecified atom stereocenters. The summed E-state index contributed by atoms with van der Waals surface area (Å²) >= 11 is 0. The van der Waals surface area contributed by atoms with Crippen LogP contribution in [0.3, 0.4) is 0 Å². The highest BCUT2D eigenvalue weighted by molar-refractivity contribution is 5.35. The number of rotatable bonds is 2. The molecule has 3 atom stereocenters. The molecule has 0 amide bonds. The number of benzene rings is 1. The molecule has 2 aliphatic rings. The minimum atomic E-state index is 0.0510. The highest BCUT2D eigenvalue weighted by Gasteiger charge is 2.30. The maximum absolute atomic E-state index is 5.59. The molecule has 0 spiro atoms. The summed E-state index contributed by atoms with van der Waals surface area (Å²) in [6.07, 6.45) is 4.72. The van der Waals surface area contributed by atoms with Crippen molar-refractivity contribution in [1.82, 2.24) is 15.5 Å². The lowest BCUT2D eigenvalue weighted by molar-refractivity contribution is 0.338. The second-order valence-electron chi connectivity index (χ2n) is 6.44. The Morgan fingerprint density at radius 2 is 2.14 bits per heavy atom. The summed E-state index contributed by atoms with van der Waals surface area (Å²) in [6, 6.07) is 8.58. The van der Waals surface area contributed by atoms with Crippen molar-refractivity contribution in [2.24, 2.45) is 5.92 Å². The van der Waals surface area contributed by atoms with E-state index >= 15 is 0 Å². The number of hydrogen-bond donors (Lipinski definition) is 1. The standard InChI is InChI=1S/C17H21N3O/c1-11-6-7-13(10-11)16-19-17(21-20-16)15-14-5-3-2-4-12(14)8-9-18-15/h2-5,11,13,15,18H,6-10H2,1H3. The van der Waals surface area contributed by atoms with Crippen molar-refractivity contribution in [3.63, 3.8) is 0 Å². The van der Waals surface area contributed by atoms with Gasteiger partial charge in [0.25, 0.3) is 0 Å². The second-order valence-corrected chi connectivity index (χ2v) is 6.44. The molecule has 1 aromatic heterocycles. The maximum Gasteiger partial charge on any atom is 0.248 e. The highest BCUT2D eigenvalue weighted by atomic mass is 16.5. The Labute approximate surface area is 124 Å². The molecule has 2 heterocycles. The Morgan fingerprint density at radius 3 is 3.00 bits per heavy atom. The van der Waals surface area contributed by atoms with E-state index < -0.39 is 0 Å². The first kappa shape index (κ1) is 13.0. The van der Waals surface area contributed by atoms with E-state index in [-0.39, 0.29) is 6.04 Å². The van der Waals surface area contributed by atoms with Crippen LogP contribution in [0.25, 0.3) is 0 Å². The van der Waals surface area contributed by atoms with Crippen LogP contribution in [0.5, 0.6) is 0 Å². The zero-order chi connectivity index (χ0) is 14.2. The van der Waals surface area contributed by atoms with Gasteiger partial charge in [-0.05, 0) is 42.7 Å². The predicted molar refractivity (Wildman–Crippen MR) is 80.0 cm³/mol. The third-order valence-corrected chi connectivity index (χ3v) is 4.87. The van der Waals surface area contributed by atoms with Gasteiger partial charge in [0.2, 0.25) is 5.89 Å². The fraction of sp³-hybridized carbons (Fsp3) is 0.529. The summed E-state index contributed by atoms with van der Waals surface area (Å²) in [4.78, 5) is 4.71. The lowest BCUT2D eigenvalue weighted by Crippen LogP contribution is -2.30. The van der Waals surface area contributed by atoms with E-state index in [2.05, 4.69) is 41.7 Å². The topological polar surface area (TPSA) is 51.0 Å². The van der Waals surface area contributed by atoms with Gasteiger partial charge in [0.1, 0.15) is 6.04 Å². The summed E-state index contributed by atoms with van der Waals surface area (Å²) in [6.45, 7) is 3.26. The molecule has 0 bridgehead atoms. The van der Waals surface area contributed by atoms with Gasteiger partial charge < -0.3 is 9.84 Å². The molecule has 4 nitrogen and oxygen atoms in total. The number of fused-ring (bicyclic) bond motifs is 1. The molecule has 1 aliphatic heterocycles. The zero-order valence-electron chi connectivity index (χ0n) is 12.4. The summed E-state index contributed by atoms with van der Waals surface area (Å²) < 4.78 is 5.59. The van der Waals surface area contributed by atoms with Crippen LogP contribution in [0.15, 0.2) is 28.8 Å². The van der Waals surface area contributed by atoms with Crippen molar-refractivity contribution in [1.29, 1.82) is 0 Å². The van der Waals surface area contributed by atoms with E-state index in [4.69, 9.17) is 9.51 Å². The molecule has 4 heteroatoms. The molecule has 21 heavy (non-hydrogen) atoms. The molecule has 0 saturated heterocycles. The van der Waals surface area contributed by atoms with Crippen LogP contribution in [0.1, 0.15) is 61.0 Å². The molecule has 1 aromatic carbocycles. The van der Waals surface area contributed by atoms with E-state index in [1.165, 1.54) is 30.4 Å². The van der Waals surface area contributed by atoms with Gasteiger partial charge in [0.15, 0.2) is 5.82 Å². The first-order chi connectivity index (χ1) is 10.3. The average Bonchev–Trinajstić information content (AvgIpc) is 3.15. The van der Waals surface area contributed by atoms with Crippen LogP contribution < -0.4 is 5.32 Å². The average molecular weight is 283 g/mol. The minimum absolute atomic E-state index is 0.0510. The van der Waals surface area contributed by atoms with Crippen LogP contribution in [-0.4, -0.2) is 16.7 Å². The van der Waals surface area contributed by atoms with Gasteiger partial charge in [0, 0.05) is 12.5 Å². The molecule has 110 valence electrons. The Hall–Kier alpha value is -1.68. The second kappa shape index (κ2) is 5.26.